The highest BCUT2D eigenvalue weighted by Crippen LogP contribution is 2.28. The number of aliphatic hydroxyl groups is 1. The fourth-order valence-electron chi connectivity index (χ4n) is 3.59. The van der Waals surface area contributed by atoms with Crippen LogP contribution in [0.15, 0.2) is 12.3 Å². The average Bonchev–Trinajstić information content (AvgIpc) is 2.68. The minimum atomic E-state index is -0.0430. The van der Waals surface area contributed by atoms with Crippen LogP contribution in [-0.2, 0) is 4.74 Å². The fraction of sp³-hybridized carbons (Fsp3) is 0.667. The summed E-state index contributed by atoms with van der Waals surface area (Å²) in [6, 6.07) is 2.20. The van der Waals surface area contributed by atoms with Crippen molar-refractivity contribution in [1.82, 2.24) is 14.8 Å². The maximum Gasteiger partial charge on any atom is 0.255 e. The molecule has 0 aliphatic carbocycles. The van der Waals surface area contributed by atoms with Crippen LogP contribution in [0.4, 0.5) is 5.82 Å². The molecule has 144 valence electrons. The van der Waals surface area contributed by atoms with E-state index in [9.17, 15) is 4.79 Å². The Bertz CT molecular complexity index is 616. The second-order valence-electron chi connectivity index (χ2n) is 6.86. The number of anilines is 1. The molecule has 3 heterocycles. The second kappa shape index (κ2) is 8.99. The van der Waals surface area contributed by atoms with Gasteiger partial charge in [-0.2, -0.15) is 0 Å². The third kappa shape index (κ3) is 4.46. The zero-order valence-corrected chi connectivity index (χ0v) is 16.0. The van der Waals surface area contributed by atoms with Gasteiger partial charge < -0.3 is 24.5 Å². The van der Waals surface area contributed by atoms with Gasteiger partial charge in [-0.15, -0.1) is 0 Å². The zero-order chi connectivity index (χ0) is 18.5. The van der Waals surface area contributed by atoms with Gasteiger partial charge in [0.2, 0.25) is 0 Å². The molecule has 7 nitrogen and oxygen atoms in total. The van der Waals surface area contributed by atoms with Crippen molar-refractivity contribution in [2.24, 2.45) is 0 Å². The summed E-state index contributed by atoms with van der Waals surface area (Å²) in [6.07, 6.45) is 3.63. The van der Waals surface area contributed by atoms with Gasteiger partial charge in [-0.3, -0.25) is 4.79 Å². The third-order valence-corrected chi connectivity index (χ3v) is 5.49. The number of carbonyl (C=O) groups is 1. The van der Waals surface area contributed by atoms with Crippen LogP contribution in [0.5, 0.6) is 0 Å². The molecule has 2 fully saturated rings. The second-order valence-corrected chi connectivity index (χ2v) is 7.26. The summed E-state index contributed by atoms with van der Waals surface area (Å²) in [5.74, 6) is 0.701. The molecule has 0 bridgehead atoms. The molecule has 0 unspecified atom stereocenters. The van der Waals surface area contributed by atoms with E-state index >= 15 is 0 Å². The monoisotopic (exact) mass is 382 g/mol. The smallest absolute Gasteiger partial charge is 0.255 e. The number of pyridine rings is 1. The Balaban J connectivity index is 1.62. The van der Waals surface area contributed by atoms with E-state index in [0.717, 1.165) is 31.7 Å². The van der Waals surface area contributed by atoms with Gasteiger partial charge in [0.15, 0.2) is 0 Å². The van der Waals surface area contributed by atoms with Crippen molar-refractivity contribution in [3.05, 3.63) is 22.8 Å². The van der Waals surface area contributed by atoms with Crippen molar-refractivity contribution in [2.75, 3.05) is 64.5 Å². The largest absolute Gasteiger partial charge is 0.395 e. The molecule has 2 aliphatic rings. The number of nitrogens with zero attached hydrogens (tertiary/aromatic N) is 4. The van der Waals surface area contributed by atoms with Crippen LogP contribution in [-0.4, -0.2) is 91.4 Å². The van der Waals surface area contributed by atoms with Crippen LogP contribution in [0.25, 0.3) is 0 Å². The topological polar surface area (TPSA) is 69.1 Å². The fourth-order valence-corrected chi connectivity index (χ4v) is 3.87. The Morgan fingerprint density at radius 1 is 1.35 bits per heavy atom. The number of aromatic nitrogens is 1. The van der Waals surface area contributed by atoms with Crippen LogP contribution in [0.1, 0.15) is 23.2 Å². The molecule has 1 aromatic heterocycles. The number of rotatable bonds is 5. The predicted octanol–water partition coefficient (Wildman–Crippen LogP) is 1.10. The highest BCUT2D eigenvalue weighted by atomic mass is 35.5. The summed E-state index contributed by atoms with van der Waals surface area (Å²) < 4.78 is 5.29. The summed E-state index contributed by atoms with van der Waals surface area (Å²) in [4.78, 5) is 23.2. The molecule has 3 rings (SSSR count). The van der Waals surface area contributed by atoms with Crippen LogP contribution in [0, 0.1) is 0 Å². The molecule has 1 amide bonds. The SMILES string of the molecule is CN(CCO)C1CCN(c2ncc(C(=O)N3CCOCC3)cc2Cl)CC1. The van der Waals surface area contributed by atoms with Crippen molar-refractivity contribution in [3.8, 4) is 0 Å². The minimum Gasteiger partial charge on any atom is -0.395 e. The lowest BCUT2D eigenvalue weighted by molar-refractivity contribution is 0.0302. The highest BCUT2D eigenvalue weighted by Gasteiger charge is 2.25. The molecular formula is C18H27ClN4O3. The Kier molecular flexibility index (Phi) is 6.69. The first-order valence-electron chi connectivity index (χ1n) is 9.18. The molecular weight excluding hydrogens is 356 g/mol. The standard InChI is InChI=1S/C18H27ClN4O3/c1-21(6-9-24)15-2-4-22(5-3-15)17-16(19)12-14(13-20-17)18(25)23-7-10-26-11-8-23/h12-13,15,24H,2-11H2,1H3. The first kappa shape index (κ1) is 19.4. The van der Waals surface area contributed by atoms with E-state index in [0.29, 0.717) is 49.5 Å². The predicted molar refractivity (Wildman–Crippen MR) is 101 cm³/mol. The van der Waals surface area contributed by atoms with Crippen molar-refractivity contribution >= 4 is 23.3 Å². The van der Waals surface area contributed by atoms with Crippen molar-refractivity contribution in [3.63, 3.8) is 0 Å². The summed E-state index contributed by atoms with van der Waals surface area (Å²) >= 11 is 6.45. The van der Waals surface area contributed by atoms with Crippen molar-refractivity contribution < 1.29 is 14.6 Å². The van der Waals surface area contributed by atoms with Crippen LogP contribution in [0.2, 0.25) is 5.02 Å². The first-order valence-corrected chi connectivity index (χ1v) is 9.56. The van der Waals surface area contributed by atoms with E-state index in [1.807, 2.05) is 7.05 Å². The number of ether oxygens (including phenoxy) is 1. The molecule has 0 radical (unpaired) electrons. The number of amides is 1. The van der Waals surface area contributed by atoms with Crippen molar-refractivity contribution in [2.45, 2.75) is 18.9 Å². The molecule has 0 spiro atoms. The van der Waals surface area contributed by atoms with Gasteiger partial charge in [0.25, 0.3) is 5.91 Å². The van der Waals surface area contributed by atoms with Gasteiger partial charge in [-0.1, -0.05) is 11.6 Å². The third-order valence-electron chi connectivity index (χ3n) is 5.21. The molecule has 0 aromatic carbocycles. The van der Waals surface area contributed by atoms with E-state index in [1.165, 1.54) is 0 Å². The van der Waals surface area contributed by atoms with E-state index in [2.05, 4.69) is 14.8 Å². The van der Waals surface area contributed by atoms with Crippen molar-refractivity contribution in [1.29, 1.82) is 0 Å². The highest BCUT2D eigenvalue weighted by molar-refractivity contribution is 6.33. The van der Waals surface area contributed by atoms with Crippen LogP contribution >= 0.6 is 11.6 Å². The molecule has 8 heteroatoms. The quantitative estimate of drug-likeness (QED) is 0.822. The van der Waals surface area contributed by atoms with Crippen LogP contribution < -0.4 is 4.90 Å². The van der Waals surface area contributed by atoms with E-state index in [4.69, 9.17) is 21.4 Å². The van der Waals surface area contributed by atoms with E-state index < -0.39 is 0 Å². The van der Waals surface area contributed by atoms with Gasteiger partial charge in [0.05, 0.1) is 30.4 Å². The van der Waals surface area contributed by atoms with Gasteiger partial charge in [-0.05, 0) is 26.0 Å². The lowest BCUT2D eigenvalue weighted by Crippen LogP contribution is -2.44. The van der Waals surface area contributed by atoms with Gasteiger partial charge in [0.1, 0.15) is 5.82 Å². The first-order chi connectivity index (χ1) is 12.6. The molecule has 1 aromatic rings. The number of piperidine rings is 1. The summed E-state index contributed by atoms with van der Waals surface area (Å²) in [5.41, 5.74) is 0.526. The number of carbonyl (C=O) groups excluding carboxylic acids is 1. The summed E-state index contributed by atoms with van der Waals surface area (Å²) in [6.45, 7) is 4.97. The maximum atomic E-state index is 12.6. The number of halogens is 1. The average molecular weight is 383 g/mol. The Morgan fingerprint density at radius 3 is 2.65 bits per heavy atom. The Hall–Kier alpha value is -1.41. The van der Waals surface area contributed by atoms with E-state index in [-0.39, 0.29) is 12.5 Å². The Morgan fingerprint density at radius 2 is 2.04 bits per heavy atom. The van der Waals surface area contributed by atoms with Gasteiger partial charge in [-0.25, -0.2) is 4.98 Å². The molecule has 0 atom stereocenters. The van der Waals surface area contributed by atoms with Gasteiger partial charge >= 0.3 is 0 Å². The van der Waals surface area contributed by atoms with Gasteiger partial charge in [0, 0.05) is 45.0 Å². The maximum absolute atomic E-state index is 12.6. The van der Waals surface area contributed by atoms with Crippen LogP contribution in [0.3, 0.4) is 0 Å². The summed E-state index contributed by atoms with van der Waals surface area (Å²) in [7, 11) is 2.05. The number of morpholine rings is 1. The lowest BCUT2D eigenvalue weighted by Gasteiger charge is -2.37. The normalized spacial score (nSPS) is 19.2. The number of hydrogen-bond acceptors (Lipinski definition) is 6. The molecule has 0 saturated carbocycles. The molecule has 1 N–H and O–H groups in total. The summed E-state index contributed by atoms with van der Waals surface area (Å²) in [5, 5.41) is 9.60. The zero-order valence-electron chi connectivity index (χ0n) is 15.2. The minimum absolute atomic E-state index is 0.0430. The number of likely N-dealkylation sites (N-methyl/N-ethyl adjacent to an activating group) is 1. The molecule has 2 saturated heterocycles. The molecule has 26 heavy (non-hydrogen) atoms. The Labute approximate surface area is 159 Å². The molecule has 2 aliphatic heterocycles. The lowest BCUT2D eigenvalue weighted by atomic mass is 10.0. The van der Waals surface area contributed by atoms with E-state index in [1.54, 1.807) is 17.2 Å². The number of hydrogen-bond donors (Lipinski definition) is 1. The number of aliphatic hydroxyl groups excluding tert-OH is 1.